The van der Waals surface area contributed by atoms with E-state index >= 15 is 0 Å². The topological polar surface area (TPSA) is 29.3 Å². The summed E-state index contributed by atoms with van der Waals surface area (Å²) in [5.41, 5.74) is 7.33. The van der Waals surface area contributed by atoms with Gasteiger partial charge >= 0.3 is 0 Å². The molecule has 19 heavy (non-hydrogen) atoms. The molecular formula is C16H24N2S. The zero-order valence-corrected chi connectivity index (χ0v) is 12.7. The monoisotopic (exact) mass is 276 g/mol. The quantitative estimate of drug-likeness (QED) is 0.838. The Hall–Kier alpha value is -0.930. The van der Waals surface area contributed by atoms with Crippen molar-refractivity contribution in [2.24, 2.45) is 11.7 Å². The molecule has 1 aromatic rings. The first-order chi connectivity index (χ1) is 9.20. The molecule has 1 fully saturated rings. The number of hydrogen-bond acceptors (Lipinski definition) is 2. The Bertz CT molecular complexity index is 426. The largest absolute Gasteiger partial charge is 0.366 e. The van der Waals surface area contributed by atoms with Crippen LogP contribution in [0.2, 0.25) is 0 Å². The van der Waals surface area contributed by atoms with E-state index in [4.69, 9.17) is 18.0 Å². The molecule has 0 heterocycles. The zero-order chi connectivity index (χ0) is 13.9. The van der Waals surface area contributed by atoms with Crippen LogP contribution in [0, 0.1) is 5.92 Å². The molecule has 104 valence electrons. The number of thiocarbonyl (C=S) groups is 1. The lowest BCUT2D eigenvalue weighted by Gasteiger charge is -2.52. The molecule has 1 aliphatic rings. The van der Waals surface area contributed by atoms with Crippen LogP contribution in [0.5, 0.6) is 0 Å². The minimum Gasteiger partial charge on any atom is -0.366 e. The summed E-state index contributed by atoms with van der Waals surface area (Å²) in [6.07, 6.45) is 2.32. The van der Waals surface area contributed by atoms with E-state index in [0.717, 1.165) is 31.0 Å². The summed E-state index contributed by atoms with van der Waals surface area (Å²) >= 11 is 5.85. The Kier molecular flexibility index (Phi) is 4.58. The van der Waals surface area contributed by atoms with E-state index < -0.39 is 0 Å². The van der Waals surface area contributed by atoms with Gasteiger partial charge in [-0.2, -0.15) is 0 Å². The highest BCUT2D eigenvalue weighted by molar-refractivity contribution is 7.80. The van der Waals surface area contributed by atoms with Crippen LogP contribution in [-0.2, 0) is 5.41 Å². The van der Waals surface area contributed by atoms with E-state index in [2.05, 4.69) is 49.1 Å². The van der Waals surface area contributed by atoms with Crippen LogP contribution in [0.3, 0.4) is 0 Å². The van der Waals surface area contributed by atoms with Gasteiger partial charge in [0, 0.05) is 18.5 Å². The fraction of sp³-hybridized carbons (Fsp3) is 0.562. The van der Waals surface area contributed by atoms with Gasteiger partial charge in [0.25, 0.3) is 0 Å². The van der Waals surface area contributed by atoms with Crippen molar-refractivity contribution in [2.45, 2.75) is 32.1 Å². The summed E-state index contributed by atoms with van der Waals surface area (Å²) in [6, 6.07) is 10.7. The van der Waals surface area contributed by atoms with Crippen LogP contribution in [0.1, 0.15) is 32.3 Å². The van der Waals surface area contributed by atoms with Crippen LogP contribution in [-0.4, -0.2) is 29.5 Å². The summed E-state index contributed by atoms with van der Waals surface area (Å²) in [7, 11) is 0. The van der Waals surface area contributed by atoms with E-state index in [9.17, 15) is 0 Å². The predicted molar refractivity (Wildman–Crippen MR) is 85.4 cm³/mol. The molecule has 2 rings (SSSR count). The van der Waals surface area contributed by atoms with Gasteiger partial charge in [-0.15, -0.1) is 0 Å². The zero-order valence-electron chi connectivity index (χ0n) is 11.9. The van der Waals surface area contributed by atoms with Crippen LogP contribution >= 0.6 is 12.2 Å². The third-order valence-corrected chi connectivity index (χ3v) is 5.21. The summed E-state index contributed by atoms with van der Waals surface area (Å²) < 4.78 is 0. The number of rotatable bonds is 5. The van der Waals surface area contributed by atoms with Crippen molar-refractivity contribution >= 4 is 17.2 Å². The minimum absolute atomic E-state index is 0.00262. The summed E-state index contributed by atoms with van der Waals surface area (Å²) in [4.78, 5) is 3.40. The van der Waals surface area contributed by atoms with Gasteiger partial charge in [-0.1, -0.05) is 42.5 Å². The molecule has 0 aromatic heterocycles. The number of nitrogens with two attached hydrogens (primary N) is 1. The van der Waals surface area contributed by atoms with Gasteiger partial charge in [0.15, 0.2) is 0 Å². The molecule has 1 saturated carbocycles. The average molecular weight is 276 g/mol. The van der Waals surface area contributed by atoms with Crippen molar-refractivity contribution in [3.8, 4) is 0 Å². The highest BCUT2D eigenvalue weighted by Crippen LogP contribution is 2.50. The Morgan fingerprint density at radius 2 is 1.95 bits per heavy atom. The standard InChI is InChI=1S/C16H24N2S/c1-3-18(4-2)15(19)16(11-10-14(16)12-17)13-8-6-5-7-9-13/h5-9,14H,3-4,10-12,17H2,1-2H3/t14-,16+/m0/s1. The summed E-state index contributed by atoms with van der Waals surface area (Å²) in [6.45, 7) is 7.01. The third kappa shape index (κ3) is 2.30. The normalized spacial score (nSPS) is 25.7. The van der Waals surface area contributed by atoms with Gasteiger partial charge in [0.1, 0.15) is 0 Å². The third-order valence-electron chi connectivity index (χ3n) is 4.59. The maximum atomic E-state index is 5.99. The molecule has 0 saturated heterocycles. The van der Waals surface area contributed by atoms with Gasteiger partial charge < -0.3 is 10.6 Å². The molecule has 1 aliphatic carbocycles. The molecule has 0 bridgehead atoms. The average Bonchev–Trinajstić information content (AvgIpc) is 2.41. The van der Waals surface area contributed by atoms with E-state index in [-0.39, 0.29) is 5.41 Å². The molecule has 0 aliphatic heterocycles. The number of nitrogens with zero attached hydrogens (tertiary/aromatic N) is 1. The van der Waals surface area contributed by atoms with Crippen molar-refractivity contribution in [3.05, 3.63) is 35.9 Å². The van der Waals surface area contributed by atoms with E-state index in [1.807, 2.05) is 0 Å². The highest BCUT2D eigenvalue weighted by atomic mass is 32.1. The van der Waals surface area contributed by atoms with Crippen LogP contribution in [0.15, 0.2) is 30.3 Å². The van der Waals surface area contributed by atoms with E-state index in [1.54, 1.807) is 0 Å². The van der Waals surface area contributed by atoms with Gasteiger partial charge in [-0.3, -0.25) is 0 Å². The first-order valence-electron chi connectivity index (χ1n) is 7.25. The van der Waals surface area contributed by atoms with Gasteiger partial charge in [0.2, 0.25) is 0 Å². The fourth-order valence-corrected chi connectivity index (χ4v) is 3.91. The molecular weight excluding hydrogens is 252 g/mol. The molecule has 0 unspecified atom stereocenters. The molecule has 3 heteroatoms. The second kappa shape index (κ2) is 6.02. The lowest BCUT2D eigenvalue weighted by Crippen LogP contribution is -2.57. The van der Waals surface area contributed by atoms with E-state index in [0.29, 0.717) is 5.92 Å². The summed E-state index contributed by atoms with van der Waals surface area (Å²) in [5.74, 6) is 0.489. The predicted octanol–water partition coefficient (Wildman–Crippen LogP) is 2.96. The maximum Gasteiger partial charge on any atom is 0.0889 e. The van der Waals surface area contributed by atoms with Gasteiger partial charge in [-0.05, 0) is 44.7 Å². The smallest absolute Gasteiger partial charge is 0.0889 e. The van der Waals surface area contributed by atoms with Crippen LogP contribution < -0.4 is 5.73 Å². The van der Waals surface area contributed by atoms with Gasteiger partial charge in [0.05, 0.1) is 4.99 Å². The molecule has 2 nitrogen and oxygen atoms in total. The van der Waals surface area contributed by atoms with Crippen molar-refractivity contribution in [1.29, 1.82) is 0 Å². The second-order valence-corrected chi connectivity index (χ2v) is 5.67. The molecule has 0 amide bonds. The Labute approximate surface area is 122 Å². The molecule has 1 aromatic carbocycles. The number of benzene rings is 1. The van der Waals surface area contributed by atoms with Crippen LogP contribution in [0.4, 0.5) is 0 Å². The Morgan fingerprint density at radius 3 is 2.37 bits per heavy atom. The van der Waals surface area contributed by atoms with Crippen molar-refractivity contribution in [3.63, 3.8) is 0 Å². The molecule has 0 spiro atoms. The van der Waals surface area contributed by atoms with Crippen molar-refractivity contribution in [1.82, 2.24) is 4.90 Å². The minimum atomic E-state index is -0.00262. The lowest BCUT2D eigenvalue weighted by atomic mass is 9.56. The maximum absolute atomic E-state index is 5.99. The molecule has 2 N–H and O–H groups in total. The first kappa shape index (κ1) is 14.5. The number of hydrogen-bond donors (Lipinski definition) is 1. The van der Waals surface area contributed by atoms with Crippen LogP contribution in [0.25, 0.3) is 0 Å². The highest BCUT2D eigenvalue weighted by Gasteiger charge is 2.51. The van der Waals surface area contributed by atoms with Gasteiger partial charge in [-0.25, -0.2) is 0 Å². The molecule has 0 radical (unpaired) electrons. The lowest BCUT2D eigenvalue weighted by molar-refractivity contribution is 0.185. The Balaban J connectivity index is 2.39. The molecule has 2 atom stereocenters. The van der Waals surface area contributed by atoms with Crippen molar-refractivity contribution in [2.75, 3.05) is 19.6 Å². The summed E-state index contributed by atoms with van der Waals surface area (Å²) in [5, 5.41) is 0. The number of likely N-dealkylation sites (N-methyl/N-ethyl adjacent to an activating group) is 1. The fourth-order valence-electron chi connectivity index (χ4n) is 3.27. The first-order valence-corrected chi connectivity index (χ1v) is 7.66. The van der Waals surface area contributed by atoms with E-state index in [1.165, 1.54) is 12.0 Å². The van der Waals surface area contributed by atoms with Crippen molar-refractivity contribution < 1.29 is 0 Å². The second-order valence-electron chi connectivity index (χ2n) is 5.29. The Morgan fingerprint density at radius 1 is 1.32 bits per heavy atom. The SMILES string of the molecule is CCN(CC)C(=S)[C@@]1(c2ccccc2)CC[C@H]1CN.